The van der Waals surface area contributed by atoms with Gasteiger partial charge < -0.3 is 15.5 Å². The van der Waals surface area contributed by atoms with Crippen LogP contribution in [-0.2, 0) is 0 Å². The number of hydrogen-bond acceptors (Lipinski definition) is 2. The Labute approximate surface area is 110 Å². The highest BCUT2D eigenvalue weighted by atomic mass is 16.2. The molecule has 1 aliphatic carbocycles. The van der Waals surface area contributed by atoms with Crippen molar-refractivity contribution in [1.29, 1.82) is 0 Å². The van der Waals surface area contributed by atoms with Gasteiger partial charge in [-0.05, 0) is 65.0 Å². The fourth-order valence-corrected chi connectivity index (χ4v) is 2.70. The van der Waals surface area contributed by atoms with Crippen LogP contribution >= 0.6 is 0 Å². The number of urea groups is 1. The van der Waals surface area contributed by atoms with E-state index in [1.807, 2.05) is 4.90 Å². The summed E-state index contributed by atoms with van der Waals surface area (Å²) in [5.74, 6) is 0.619. The van der Waals surface area contributed by atoms with Crippen LogP contribution in [0.4, 0.5) is 4.79 Å². The molecule has 104 valence electrons. The van der Waals surface area contributed by atoms with Gasteiger partial charge in [-0.1, -0.05) is 0 Å². The molecule has 1 heterocycles. The predicted molar refractivity (Wildman–Crippen MR) is 73.6 cm³/mol. The highest BCUT2D eigenvalue weighted by Crippen LogP contribution is 2.19. The van der Waals surface area contributed by atoms with E-state index in [2.05, 4.69) is 24.5 Å². The minimum absolute atomic E-state index is 0.139. The van der Waals surface area contributed by atoms with Crippen LogP contribution in [0.25, 0.3) is 0 Å². The van der Waals surface area contributed by atoms with Crippen LogP contribution in [0.3, 0.4) is 0 Å². The van der Waals surface area contributed by atoms with Gasteiger partial charge in [0.15, 0.2) is 0 Å². The second kappa shape index (κ2) is 6.41. The normalized spacial score (nSPS) is 24.7. The second-order valence-electron chi connectivity index (χ2n) is 6.04. The van der Waals surface area contributed by atoms with Crippen LogP contribution in [0.1, 0.15) is 46.0 Å². The molecular weight excluding hydrogens is 226 g/mol. The zero-order valence-corrected chi connectivity index (χ0v) is 11.7. The molecule has 0 aromatic rings. The van der Waals surface area contributed by atoms with Crippen LogP contribution < -0.4 is 10.6 Å². The molecule has 1 saturated carbocycles. The van der Waals surface area contributed by atoms with E-state index in [9.17, 15) is 4.79 Å². The smallest absolute Gasteiger partial charge is 0.317 e. The molecule has 0 bridgehead atoms. The highest BCUT2D eigenvalue weighted by molar-refractivity contribution is 5.75. The molecule has 0 radical (unpaired) electrons. The summed E-state index contributed by atoms with van der Waals surface area (Å²) in [4.78, 5) is 14.3. The number of nitrogens with zero attached hydrogens (tertiary/aromatic N) is 1. The Balaban J connectivity index is 1.83. The molecule has 0 aromatic heterocycles. The lowest BCUT2D eigenvalue weighted by Gasteiger charge is -2.35. The number of amides is 2. The van der Waals surface area contributed by atoms with Gasteiger partial charge >= 0.3 is 6.03 Å². The summed E-state index contributed by atoms with van der Waals surface area (Å²) in [7, 11) is 0. The lowest BCUT2D eigenvalue weighted by atomic mass is 9.93. The number of hydrogen-bond donors (Lipinski definition) is 2. The van der Waals surface area contributed by atoms with Gasteiger partial charge in [-0.25, -0.2) is 4.79 Å². The zero-order chi connectivity index (χ0) is 13.0. The van der Waals surface area contributed by atoms with E-state index >= 15 is 0 Å². The van der Waals surface area contributed by atoms with Crippen LogP contribution in [0.2, 0.25) is 0 Å². The van der Waals surface area contributed by atoms with Crippen molar-refractivity contribution in [2.45, 2.75) is 58.0 Å². The summed E-state index contributed by atoms with van der Waals surface area (Å²) >= 11 is 0. The van der Waals surface area contributed by atoms with Gasteiger partial charge in [-0.15, -0.1) is 0 Å². The first-order valence-electron chi connectivity index (χ1n) is 7.44. The quantitative estimate of drug-likeness (QED) is 0.804. The Bertz CT molecular complexity index is 270. The molecule has 0 aromatic carbocycles. The number of nitrogens with one attached hydrogen (secondary N) is 2. The molecular formula is C14H27N3O. The molecule has 4 heteroatoms. The number of carbonyl (C=O) groups excluding carboxylic acids is 1. The molecule has 2 fully saturated rings. The molecule has 0 spiro atoms. The molecule has 2 amide bonds. The number of piperidine rings is 1. The van der Waals surface area contributed by atoms with Gasteiger partial charge in [0.25, 0.3) is 0 Å². The topological polar surface area (TPSA) is 44.4 Å². The largest absolute Gasteiger partial charge is 0.335 e. The van der Waals surface area contributed by atoms with Crippen LogP contribution in [0.15, 0.2) is 0 Å². The fraction of sp³-hybridized carbons (Fsp3) is 0.929. The average molecular weight is 253 g/mol. The van der Waals surface area contributed by atoms with Crippen LogP contribution in [-0.4, -0.2) is 42.6 Å². The average Bonchev–Trinajstić information content (AvgIpc) is 2.31. The molecule has 18 heavy (non-hydrogen) atoms. The molecule has 2 N–H and O–H groups in total. The van der Waals surface area contributed by atoms with E-state index in [1.54, 1.807) is 0 Å². The Hall–Kier alpha value is -0.770. The first-order valence-corrected chi connectivity index (χ1v) is 7.44. The van der Waals surface area contributed by atoms with Crippen molar-refractivity contribution in [3.05, 3.63) is 0 Å². The Morgan fingerprint density at radius 1 is 1.33 bits per heavy atom. The standard InChI is InChI=1S/C14H27N3O/c1-11(2)17(10-12-5-4-8-15-9-12)14(18)16-13-6-3-7-13/h11-13,15H,3-10H2,1-2H3,(H,16,18). The molecule has 1 saturated heterocycles. The Morgan fingerprint density at radius 2 is 2.11 bits per heavy atom. The summed E-state index contributed by atoms with van der Waals surface area (Å²) in [6.07, 6.45) is 6.05. The summed E-state index contributed by atoms with van der Waals surface area (Å²) in [6, 6.07) is 0.857. The van der Waals surface area contributed by atoms with Crippen molar-refractivity contribution in [2.24, 2.45) is 5.92 Å². The highest BCUT2D eigenvalue weighted by Gasteiger charge is 2.26. The zero-order valence-electron chi connectivity index (χ0n) is 11.7. The lowest BCUT2D eigenvalue weighted by molar-refractivity contribution is 0.155. The predicted octanol–water partition coefficient (Wildman–Crippen LogP) is 1.96. The maximum Gasteiger partial charge on any atom is 0.317 e. The lowest BCUT2D eigenvalue weighted by Crippen LogP contribution is -2.52. The Morgan fingerprint density at radius 3 is 2.61 bits per heavy atom. The third-order valence-electron chi connectivity index (χ3n) is 4.17. The summed E-state index contributed by atoms with van der Waals surface area (Å²) in [5.41, 5.74) is 0. The molecule has 1 atom stereocenters. The monoisotopic (exact) mass is 253 g/mol. The summed E-state index contributed by atoms with van der Waals surface area (Å²) < 4.78 is 0. The van der Waals surface area contributed by atoms with E-state index in [-0.39, 0.29) is 12.1 Å². The first kappa shape index (κ1) is 13.7. The molecule has 4 nitrogen and oxygen atoms in total. The van der Waals surface area contributed by atoms with Gasteiger partial charge in [0.2, 0.25) is 0 Å². The molecule has 1 aliphatic heterocycles. The van der Waals surface area contributed by atoms with Gasteiger partial charge in [0.1, 0.15) is 0 Å². The fourth-order valence-electron chi connectivity index (χ4n) is 2.70. The summed E-state index contributed by atoms with van der Waals surface area (Å²) in [5, 5.41) is 6.58. The van der Waals surface area contributed by atoms with E-state index in [0.717, 1.165) is 32.5 Å². The van der Waals surface area contributed by atoms with Crippen LogP contribution in [0.5, 0.6) is 0 Å². The SMILES string of the molecule is CC(C)N(CC1CCCNC1)C(=O)NC1CCC1. The maximum atomic E-state index is 12.3. The van der Waals surface area contributed by atoms with Crippen molar-refractivity contribution < 1.29 is 4.79 Å². The van der Waals surface area contributed by atoms with Gasteiger partial charge in [0.05, 0.1) is 0 Å². The van der Waals surface area contributed by atoms with E-state index in [0.29, 0.717) is 12.0 Å². The van der Waals surface area contributed by atoms with Crippen molar-refractivity contribution in [2.75, 3.05) is 19.6 Å². The minimum atomic E-state index is 0.139. The van der Waals surface area contributed by atoms with E-state index in [1.165, 1.54) is 19.3 Å². The first-order chi connectivity index (χ1) is 8.66. The van der Waals surface area contributed by atoms with E-state index < -0.39 is 0 Å². The van der Waals surface area contributed by atoms with Crippen molar-refractivity contribution >= 4 is 6.03 Å². The van der Waals surface area contributed by atoms with E-state index in [4.69, 9.17) is 0 Å². The van der Waals surface area contributed by atoms with Gasteiger partial charge in [-0.2, -0.15) is 0 Å². The van der Waals surface area contributed by atoms with Crippen LogP contribution in [0, 0.1) is 5.92 Å². The third kappa shape index (κ3) is 3.61. The van der Waals surface area contributed by atoms with Crippen molar-refractivity contribution in [1.82, 2.24) is 15.5 Å². The minimum Gasteiger partial charge on any atom is -0.335 e. The second-order valence-corrected chi connectivity index (χ2v) is 6.04. The van der Waals surface area contributed by atoms with Gasteiger partial charge in [-0.3, -0.25) is 0 Å². The maximum absolute atomic E-state index is 12.3. The Kier molecular flexibility index (Phi) is 4.87. The van der Waals surface area contributed by atoms with Gasteiger partial charge in [0, 0.05) is 18.6 Å². The van der Waals surface area contributed by atoms with Crippen molar-refractivity contribution in [3.63, 3.8) is 0 Å². The molecule has 2 aliphatic rings. The molecule has 2 rings (SSSR count). The molecule has 1 unspecified atom stereocenters. The van der Waals surface area contributed by atoms with Crippen molar-refractivity contribution in [3.8, 4) is 0 Å². The number of rotatable bonds is 4. The third-order valence-corrected chi connectivity index (χ3v) is 4.17. The number of carbonyl (C=O) groups is 1. The summed E-state index contributed by atoms with van der Waals surface area (Å²) in [6.45, 7) is 7.29.